The zero-order chi connectivity index (χ0) is 37.1. The van der Waals surface area contributed by atoms with Crippen LogP contribution in [0.5, 0.6) is 0 Å². The molecule has 54 heavy (non-hydrogen) atoms. The predicted octanol–water partition coefficient (Wildman–Crippen LogP) is 11.6. The highest BCUT2D eigenvalue weighted by Gasteiger charge is 2.69. The number of fused-ring (bicyclic) bond motifs is 6. The first kappa shape index (κ1) is 33.7. The minimum absolute atomic E-state index is 0.0336. The Kier molecular flexibility index (Phi) is 8.13. The molecule has 4 atom stereocenters. The molecular weight excluding hydrogens is 661 g/mol. The predicted molar refractivity (Wildman–Crippen MR) is 225 cm³/mol. The second-order valence-electron chi connectivity index (χ2n) is 14.6. The number of hydrogen-bond acceptors (Lipinski definition) is 5. The average molecular weight is 703 g/mol. The number of aromatic nitrogens is 1. The molecule has 3 heterocycles. The van der Waals surface area contributed by atoms with Crippen LogP contribution in [0, 0.1) is 18.3 Å². The zero-order valence-electron chi connectivity index (χ0n) is 30.9. The van der Waals surface area contributed by atoms with Crippen LogP contribution in [-0.2, 0) is 11.8 Å². The maximum absolute atomic E-state index is 8.01. The SMILES string of the molecule is C=Nc1c(-c2cccc(C3c4ccc5c(oc6ccccc65)c4[C@@]45C=CC=CC4C5N3C)c2)ccc(/C(=C/C=N)C(=C)/C=C\c2cccnc2C)c1CC. The van der Waals surface area contributed by atoms with Gasteiger partial charge in [-0.05, 0) is 95.9 Å². The second-order valence-corrected chi connectivity index (χ2v) is 14.6. The Morgan fingerprint density at radius 3 is 2.70 bits per heavy atom. The second kappa shape index (κ2) is 13.0. The Morgan fingerprint density at radius 1 is 1.02 bits per heavy atom. The monoisotopic (exact) mass is 702 g/mol. The third kappa shape index (κ3) is 4.99. The number of nitrogens with one attached hydrogen (secondary N) is 1. The topological polar surface area (TPSA) is 65.5 Å². The van der Waals surface area contributed by atoms with Crippen molar-refractivity contribution in [1.82, 2.24) is 9.88 Å². The van der Waals surface area contributed by atoms with Crippen molar-refractivity contribution in [3.05, 3.63) is 179 Å². The molecule has 2 aromatic heterocycles. The summed E-state index contributed by atoms with van der Waals surface area (Å²) in [6.45, 7) is 12.6. The molecule has 9 rings (SSSR count). The minimum atomic E-state index is -0.107. The molecule has 1 fully saturated rings. The Hall–Kier alpha value is -6.17. The number of aliphatic imine (C=N–C) groups is 1. The van der Waals surface area contributed by atoms with Crippen LogP contribution in [0.3, 0.4) is 0 Å². The van der Waals surface area contributed by atoms with E-state index in [1.165, 1.54) is 28.3 Å². The van der Waals surface area contributed by atoms with Gasteiger partial charge in [-0.3, -0.25) is 14.9 Å². The highest BCUT2D eigenvalue weighted by atomic mass is 16.3. The fourth-order valence-corrected chi connectivity index (χ4v) is 9.49. The first-order chi connectivity index (χ1) is 26.4. The lowest BCUT2D eigenvalue weighted by atomic mass is 9.78. The van der Waals surface area contributed by atoms with E-state index in [0.717, 1.165) is 73.3 Å². The highest BCUT2D eigenvalue weighted by Crippen LogP contribution is 2.67. The van der Waals surface area contributed by atoms with Gasteiger partial charge in [0.15, 0.2) is 0 Å². The lowest BCUT2D eigenvalue weighted by molar-refractivity contribution is 0.236. The van der Waals surface area contributed by atoms with Crippen molar-refractivity contribution in [2.75, 3.05) is 7.05 Å². The standard InChI is InChI=1S/C49H42N4O/c1-6-35-38(36(25-27-50)30(2)19-20-32-15-12-28-52-31(32)3)22-21-37(45(35)51-4)33-13-11-14-34(29-33)46-41-24-23-40-39-16-7-8-18-43(39)54-47(40)44(41)49-26-10-9-17-42(49)48(49)53(46)5/h7-29,42,46,48,50H,2,4,6H2,1,3,5H3/b20-19-,36-25+,50-27?/t42?,46?,48?,49-/m1/s1. The van der Waals surface area contributed by atoms with E-state index < -0.39 is 0 Å². The maximum atomic E-state index is 8.01. The molecule has 5 heteroatoms. The average Bonchev–Trinajstić information content (AvgIpc) is 3.76. The third-order valence-electron chi connectivity index (χ3n) is 11.9. The molecular formula is C49H42N4O. The summed E-state index contributed by atoms with van der Waals surface area (Å²) < 4.78 is 6.74. The van der Waals surface area contributed by atoms with Gasteiger partial charge in [0.25, 0.3) is 0 Å². The van der Waals surface area contributed by atoms with Crippen LogP contribution in [0.2, 0.25) is 0 Å². The van der Waals surface area contributed by atoms with E-state index in [1.807, 2.05) is 37.3 Å². The van der Waals surface area contributed by atoms with E-state index in [0.29, 0.717) is 12.0 Å². The number of nitrogens with zero attached hydrogens (tertiary/aromatic N) is 3. The van der Waals surface area contributed by atoms with Gasteiger partial charge in [-0.25, -0.2) is 0 Å². The number of hydrogen-bond donors (Lipinski definition) is 1. The van der Waals surface area contributed by atoms with Crippen molar-refractivity contribution in [1.29, 1.82) is 5.41 Å². The molecule has 0 radical (unpaired) electrons. The molecule has 1 spiro atoms. The number of pyridine rings is 1. The van der Waals surface area contributed by atoms with Crippen molar-refractivity contribution in [2.24, 2.45) is 10.9 Å². The number of aryl methyl sites for hydroxylation is 1. The molecule has 0 amide bonds. The molecule has 0 bridgehead atoms. The van der Waals surface area contributed by atoms with Gasteiger partial charge in [-0.1, -0.05) is 117 Å². The van der Waals surface area contributed by atoms with Gasteiger partial charge in [-0.15, -0.1) is 0 Å². The third-order valence-corrected chi connectivity index (χ3v) is 11.9. The molecule has 2 aliphatic carbocycles. The molecule has 4 aromatic carbocycles. The summed E-state index contributed by atoms with van der Waals surface area (Å²) in [6.07, 6.45) is 18.9. The van der Waals surface area contributed by atoms with Crippen LogP contribution in [0.15, 0.2) is 149 Å². The summed E-state index contributed by atoms with van der Waals surface area (Å²) in [7, 11) is 2.28. The van der Waals surface area contributed by atoms with E-state index in [-0.39, 0.29) is 11.5 Å². The zero-order valence-corrected chi connectivity index (χ0v) is 30.9. The van der Waals surface area contributed by atoms with E-state index in [9.17, 15) is 0 Å². The summed E-state index contributed by atoms with van der Waals surface area (Å²) in [5.41, 5.74) is 14.4. The van der Waals surface area contributed by atoms with Gasteiger partial charge < -0.3 is 9.83 Å². The maximum Gasteiger partial charge on any atom is 0.139 e. The first-order valence-electron chi connectivity index (χ1n) is 18.7. The van der Waals surface area contributed by atoms with Crippen molar-refractivity contribution in [3.63, 3.8) is 0 Å². The van der Waals surface area contributed by atoms with Crippen molar-refractivity contribution >= 4 is 52.2 Å². The molecule has 0 saturated heterocycles. The normalized spacial score (nSPS) is 21.6. The van der Waals surface area contributed by atoms with Crippen LogP contribution in [-0.4, -0.2) is 35.9 Å². The quantitative estimate of drug-likeness (QED) is 0.120. The van der Waals surface area contributed by atoms with Crippen LogP contribution in [0.25, 0.3) is 44.7 Å². The Labute approximate surface area is 316 Å². The number of likely N-dealkylation sites (N-methyl/N-ethyl adjacent to an activating group) is 1. The fraction of sp³-hybridized carbons (Fsp3) is 0.163. The minimum Gasteiger partial charge on any atom is -0.456 e. The number of benzene rings is 4. The van der Waals surface area contributed by atoms with Crippen LogP contribution in [0.4, 0.5) is 5.69 Å². The number of furan rings is 1. The summed E-state index contributed by atoms with van der Waals surface area (Å²) in [6, 6.07) is 30.6. The smallest absolute Gasteiger partial charge is 0.139 e. The number of rotatable bonds is 9. The van der Waals surface area contributed by atoms with Gasteiger partial charge in [0, 0.05) is 57.4 Å². The van der Waals surface area contributed by atoms with Gasteiger partial charge in [0.1, 0.15) is 11.2 Å². The molecule has 264 valence electrons. The van der Waals surface area contributed by atoms with Gasteiger partial charge in [0.05, 0.1) is 11.7 Å². The lowest BCUT2D eigenvalue weighted by Gasteiger charge is -2.38. The molecule has 1 saturated carbocycles. The largest absolute Gasteiger partial charge is 0.456 e. The van der Waals surface area contributed by atoms with Gasteiger partial charge in [-0.2, -0.15) is 0 Å². The summed E-state index contributed by atoms with van der Waals surface area (Å²) >= 11 is 0. The lowest BCUT2D eigenvalue weighted by Crippen LogP contribution is -2.37. The van der Waals surface area contributed by atoms with Crippen molar-refractivity contribution in [3.8, 4) is 11.1 Å². The van der Waals surface area contributed by atoms with Crippen molar-refractivity contribution < 1.29 is 4.42 Å². The Balaban J connectivity index is 1.14. The Morgan fingerprint density at radius 2 is 1.89 bits per heavy atom. The fourth-order valence-electron chi connectivity index (χ4n) is 9.49. The Bertz CT molecular complexity index is 2670. The van der Waals surface area contributed by atoms with Crippen LogP contribution in [0.1, 0.15) is 52.0 Å². The summed E-state index contributed by atoms with van der Waals surface area (Å²) in [5, 5.41) is 10.4. The molecule has 3 unspecified atom stereocenters. The van der Waals surface area contributed by atoms with E-state index in [2.05, 4.69) is 139 Å². The van der Waals surface area contributed by atoms with Crippen LogP contribution < -0.4 is 0 Å². The molecule has 1 aliphatic heterocycles. The molecule has 3 aliphatic rings. The number of allylic oxidation sites excluding steroid dienone is 6. The molecule has 6 aromatic rings. The van der Waals surface area contributed by atoms with E-state index in [4.69, 9.17) is 9.83 Å². The highest BCUT2D eigenvalue weighted by molar-refractivity contribution is 6.07. The summed E-state index contributed by atoms with van der Waals surface area (Å²) in [5.74, 6) is 0.385. The van der Waals surface area contributed by atoms with E-state index in [1.54, 1.807) is 6.20 Å². The van der Waals surface area contributed by atoms with Crippen LogP contribution >= 0.6 is 0 Å². The van der Waals surface area contributed by atoms with Crippen molar-refractivity contribution in [2.45, 2.75) is 37.8 Å². The van der Waals surface area contributed by atoms with Gasteiger partial charge >= 0.3 is 0 Å². The molecule has 5 nitrogen and oxygen atoms in total. The first-order valence-corrected chi connectivity index (χ1v) is 18.7. The molecule has 1 N–H and O–H groups in total. The van der Waals surface area contributed by atoms with E-state index >= 15 is 0 Å². The van der Waals surface area contributed by atoms with Gasteiger partial charge in [0.2, 0.25) is 0 Å². The number of para-hydroxylation sites is 1. The summed E-state index contributed by atoms with van der Waals surface area (Å²) in [4.78, 5) is 11.7.